The van der Waals surface area contributed by atoms with Crippen LogP contribution in [0.3, 0.4) is 0 Å². The number of halogens is 1. The monoisotopic (exact) mass is 298 g/mol. The molecule has 0 amide bonds. The van der Waals surface area contributed by atoms with Crippen molar-refractivity contribution in [2.45, 2.75) is 26.7 Å². The Morgan fingerprint density at radius 2 is 1.94 bits per heavy atom. The van der Waals surface area contributed by atoms with Crippen molar-refractivity contribution in [1.82, 2.24) is 5.32 Å². The molecule has 0 fully saturated rings. The van der Waals surface area contributed by atoms with Crippen molar-refractivity contribution < 1.29 is 0 Å². The van der Waals surface area contributed by atoms with Gasteiger partial charge in [0.1, 0.15) is 0 Å². The first-order chi connectivity index (χ1) is 8.05. The van der Waals surface area contributed by atoms with Crippen molar-refractivity contribution in [3.05, 3.63) is 34.3 Å². The van der Waals surface area contributed by atoms with E-state index in [1.165, 1.54) is 10.0 Å². The minimum Gasteiger partial charge on any atom is -0.330 e. The lowest BCUT2D eigenvalue weighted by Crippen LogP contribution is -2.29. The summed E-state index contributed by atoms with van der Waals surface area (Å²) in [6.45, 7) is 7.22. The molecule has 0 aliphatic rings. The minimum atomic E-state index is 0.250. The molecule has 3 N–H and O–H groups in total. The summed E-state index contributed by atoms with van der Waals surface area (Å²) >= 11 is 3.56. The van der Waals surface area contributed by atoms with Crippen LogP contribution < -0.4 is 11.1 Å². The molecule has 0 saturated heterocycles. The highest BCUT2D eigenvalue weighted by atomic mass is 79.9. The van der Waals surface area contributed by atoms with Gasteiger partial charge in [0.15, 0.2) is 0 Å². The quantitative estimate of drug-likeness (QED) is 0.760. The SMILES string of the molecule is CC(C)(CN)CCNCCc1ccccc1Br. The van der Waals surface area contributed by atoms with Gasteiger partial charge in [-0.3, -0.25) is 0 Å². The van der Waals surface area contributed by atoms with Crippen LogP contribution in [0.2, 0.25) is 0 Å². The van der Waals surface area contributed by atoms with E-state index in [1.807, 2.05) is 6.07 Å². The van der Waals surface area contributed by atoms with Gasteiger partial charge in [0.25, 0.3) is 0 Å². The van der Waals surface area contributed by atoms with E-state index in [1.54, 1.807) is 0 Å². The molecule has 0 bridgehead atoms. The molecule has 0 unspecified atom stereocenters. The Labute approximate surface area is 113 Å². The van der Waals surface area contributed by atoms with E-state index >= 15 is 0 Å². The normalized spacial score (nSPS) is 11.8. The largest absolute Gasteiger partial charge is 0.330 e. The molecule has 17 heavy (non-hydrogen) atoms. The topological polar surface area (TPSA) is 38.0 Å². The lowest BCUT2D eigenvalue weighted by Gasteiger charge is -2.22. The highest BCUT2D eigenvalue weighted by Gasteiger charge is 2.14. The molecule has 0 atom stereocenters. The van der Waals surface area contributed by atoms with Crippen molar-refractivity contribution in [3.63, 3.8) is 0 Å². The summed E-state index contributed by atoms with van der Waals surface area (Å²) in [5.41, 5.74) is 7.31. The van der Waals surface area contributed by atoms with E-state index in [0.717, 1.165) is 32.5 Å². The zero-order chi connectivity index (χ0) is 12.7. The van der Waals surface area contributed by atoms with Gasteiger partial charge in [0.05, 0.1) is 0 Å². The Morgan fingerprint density at radius 1 is 1.24 bits per heavy atom. The molecule has 0 aromatic heterocycles. The maximum absolute atomic E-state index is 5.70. The highest BCUT2D eigenvalue weighted by Crippen LogP contribution is 2.17. The average Bonchev–Trinajstić information content (AvgIpc) is 2.31. The number of benzene rings is 1. The zero-order valence-corrected chi connectivity index (χ0v) is 12.4. The molecule has 0 aliphatic heterocycles. The average molecular weight is 299 g/mol. The van der Waals surface area contributed by atoms with Crippen LogP contribution in [0.5, 0.6) is 0 Å². The zero-order valence-electron chi connectivity index (χ0n) is 10.8. The first kappa shape index (κ1) is 14.7. The number of hydrogen-bond donors (Lipinski definition) is 2. The van der Waals surface area contributed by atoms with Gasteiger partial charge in [-0.15, -0.1) is 0 Å². The molecule has 96 valence electrons. The van der Waals surface area contributed by atoms with E-state index in [-0.39, 0.29) is 5.41 Å². The smallest absolute Gasteiger partial charge is 0.0207 e. The van der Waals surface area contributed by atoms with Crippen molar-refractivity contribution >= 4 is 15.9 Å². The fourth-order valence-electron chi connectivity index (χ4n) is 1.58. The molecule has 0 heterocycles. The highest BCUT2D eigenvalue weighted by molar-refractivity contribution is 9.10. The second-order valence-electron chi connectivity index (χ2n) is 5.21. The summed E-state index contributed by atoms with van der Waals surface area (Å²) in [6, 6.07) is 8.38. The van der Waals surface area contributed by atoms with E-state index in [2.05, 4.69) is 53.3 Å². The van der Waals surface area contributed by atoms with E-state index in [4.69, 9.17) is 5.73 Å². The van der Waals surface area contributed by atoms with Gasteiger partial charge in [-0.05, 0) is 49.5 Å². The fraction of sp³-hybridized carbons (Fsp3) is 0.571. The maximum Gasteiger partial charge on any atom is 0.0207 e. The van der Waals surface area contributed by atoms with Gasteiger partial charge in [-0.2, -0.15) is 0 Å². The van der Waals surface area contributed by atoms with E-state index in [0.29, 0.717) is 0 Å². The molecule has 0 radical (unpaired) electrons. The molecule has 0 saturated carbocycles. The number of hydrogen-bond acceptors (Lipinski definition) is 2. The predicted molar refractivity (Wildman–Crippen MR) is 78.2 cm³/mol. The van der Waals surface area contributed by atoms with Gasteiger partial charge < -0.3 is 11.1 Å². The van der Waals surface area contributed by atoms with Crippen molar-refractivity contribution in [2.75, 3.05) is 19.6 Å². The van der Waals surface area contributed by atoms with Crippen LogP contribution in [0.15, 0.2) is 28.7 Å². The van der Waals surface area contributed by atoms with E-state index < -0.39 is 0 Å². The number of nitrogens with one attached hydrogen (secondary N) is 1. The Hall–Kier alpha value is -0.380. The second kappa shape index (κ2) is 7.14. The van der Waals surface area contributed by atoms with Crippen LogP contribution in [0.1, 0.15) is 25.8 Å². The van der Waals surface area contributed by atoms with Crippen molar-refractivity contribution in [1.29, 1.82) is 0 Å². The standard InChI is InChI=1S/C14H23BrN2/c1-14(2,11-16)8-10-17-9-7-12-5-3-4-6-13(12)15/h3-6,17H,7-11,16H2,1-2H3. The van der Waals surface area contributed by atoms with E-state index in [9.17, 15) is 0 Å². The molecule has 1 aromatic carbocycles. The Bertz CT molecular complexity index is 337. The van der Waals surface area contributed by atoms with Gasteiger partial charge in [-0.1, -0.05) is 48.0 Å². The molecular weight excluding hydrogens is 276 g/mol. The summed E-state index contributed by atoms with van der Waals surface area (Å²) in [5.74, 6) is 0. The first-order valence-corrected chi connectivity index (χ1v) is 6.99. The maximum atomic E-state index is 5.70. The predicted octanol–water partition coefficient (Wildman–Crippen LogP) is 2.96. The van der Waals surface area contributed by atoms with Crippen LogP contribution in [-0.2, 0) is 6.42 Å². The third kappa shape index (κ3) is 5.66. The Kier molecular flexibility index (Phi) is 6.17. The summed E-state index contributed by atoms with van der Waals surface area (Å²) < 4.78 is 1.20. The lowest BCUT2D eigenvalue weighted by molar-refractivity contribution is 0.340. The lowest BCUT2D eigenvalue weighted by atomic mass is 9.90. The van der Waals surface area contributed by atoms with Crippen LogP contribution in [0, 0.1) is 5.41 Å². The molecular formula is C14H23BrN2. The third-order valence-corrected chi connectivity index (χ3v) is 3.83. The van der Waals surface area contributed by atoms with Crippen LogP contribution in [0.25, 0.3) is 0 Å². The minimum absolute atomic E-state index is 0.250. The number of nitrogens with two attached hydrogens (primary N) is 1. The van der Waals surface area contributed by atoms with Crippen LogP contribution in [-0.4, -0.2) is 19.6 Å². The summed E-state index contributed by atoms with van der Waals surface area (Å²) in [5, 5.41) is 3.48. The van der Waals surface area contributed by atoms with Gasteiger partial charge >= 0.3 is 0 Å². The van der Waals surface area contributed by atoms with Crippen LogP contribution >= 0.6 is 15.9 Å². The Balaban J connectivity index is 2.19. The fourth-order valence-corrected chi connectivity index (χ4v) is 2.06. The van der Waals surface area contributed by atoms with Crippen molar-refractivity contribution in [2.24, 2.45) is 11.1 Å². The molecule has 0 aliphatic carbocycles. The van der Waals surface area contributed by atoms with Gasteiger partial charge in [0, 0.05) is 4.47 Å². The second-order valence-corrected chi connectivity index (χ2v) is 6.06. The van der Waals surface area contributed by atoms with Crippen LogP contribution in [0.4, 0.5) is 0 Å². The molecule has 1 rings (SSSR count). The molecule has 1 aromatic rings. The van der Waals surface area contributed by atoms with Gasteiger partial charge in [-0.25, -0.2) is 0 Å². The summed E-state index contributed by atoms with van der Waals surface area (Å²) in [7, 11) is 0. The molecule has 2 nitrogen and oxygen atoms in total. The summed E-state index contributed by atoms with van der Waals surface area (Å²) in [6.07, 6.45) is 2.18. The molecule has 0 spiro atoms. The van der Waals surface area contributed by atoms with Gasteiger partial charge in [0.2, 0.25) is 0 Å². The first-order valence-electron chi connectivity index (χ1n) is 6.19. The summed E-state index contributed by atoms with van der Waals surface area (Å²) in [4.78, 5) is 0. The molecule has 3 heteroatoms. The van der Waals surface area contributed by atoms with Crippen molar-refractivity contribution in [3.8, 4) is 0 Å². The number of rotatable bonds is 7. The Morgan fingerprint density at radius 3 is 2.59 bits per heavy atom. The third-order valence-electron chi connectivity index (χ3n) is 3.06.